The molecule has 0 bridgehead atoms. The third-order valence-electron chi connectivity index (χ3n) is 14.3. The van der Waals surface area contributed by atoms with Gasteiger partial charge in [-0.3, -0.25) is 14.4 Å². The number of carbonyl (C=O) groups excluding carboxylic acids is 3. The predicted molar refractivity (Wildman–Crippen MR) is 340 cm³/mol. The first kappa shape index (κ1) is 76.4. The maximum atomic E-state index is 13.2. The second-order valence-electron chi connectivity index (χ2n) is 22.0. The minimum atomic E-state index is -1.92. The van der Waals surface area contributed by atoms with E-state index >= 15 is 0 Å². The summed E-state index contributed by atoms with van der Waals surface area (Å²) in [4.78, 5) is 51.4. The van der Waals surface area contributed by atoms with Crippen LogP contribution in [0.4, 0.5) is 0 Å². The van der Waals surface area contributed by atoms with E-state index in [1.165, 1.54) is 64.2 Å². The molecule has 1 heterocycles. The normalized spacial score (nSPS) is 18.3. The van der Waals surface area contributed by atoms with Crippen LogP contribution < -0.4 is 0 Å². The summed E-state index contributed by atoms with van der Waals surface area (Å²) >= 11 is 0. The Morgan fingerprint density at radius 1 is 0.410 bits per heavy atom. The van der Waals surface area contributed by atoms with E-state index < -0.39 is 67.3 Å². The SMILES string of the molecule is CC/C=C\C/C=C\C/C=C\C/C=C\C/C=C\CCCCCC(=O)OCC(COC1OC(C(=O)O)C(O)C(O)C1OC(=O)CCCCCCC/C=C\CCCCCCCC)OC(=O)CCCCCCCC/C=C\C/C=C\C/C=C\CCCCC. The lowest BCUT2D eigenvalue weighted by molar-refractivity contribution is -0.301. The first-order valence-electron chi connectivity index (χ1n) is 32.9. The molecule has 6 atom stereocenters. The van der Waals surface area contributed by atoms with Gasteiger partial charge in [-0.25, -0.2) is 4.79 Å². The molecule has 12 nitrogen and oxygen atoms in total. The molecular weight excluding hydrogens is 1040 g/mol. The molecule has 0 aromatic heterocycles. The molecule has 0 saturated carbocycles. The highest BCUT2D eigenvalue weighted by Gasteiger charge is 2.50. The number of aliphatic hydroxyl groups excluding tert-OH is 2. The fraction of sp³-hybridized carbons (Fsp3) is 0.690. The van der Waals surface area contributed by atoms with E-state index in [0.29, 0.717) is 19.3 Å². The summed E-state index contributed by atoms with van der Waals surface area (Å²) in [6.45, 7) is 5.82. The lowest BCUT2D eigenvalue weighted by Crippen LogP contribution is -2.61. The zero-order chi connectivity index (χ0) is 60.3. The van der Waals surface area contributed by atoms with Crippen LogP contribution in [0.3, 0.4) is 0 Å². The molecule has 0 radical (unpaired) electrons. The Morgan fingerprint density at radius 3 is 1.20 bits per heavy atom. The minimum Gasteiger partial charge on any atom is -0.479 e. The van der Waals surface area contributed by atoms with E-state index in [1.807, 2.05) is 0 Å². The lowest BCUT2D eigenvalue weighted by atomic mass is 9.98. The minimum absolute atomic E-state index is 0.0411. The number of esters is 3. The van der Waals surface area contributed by atoms with Gasteiger partial charge in [-0.05, 0) is 128 Å². The Kier molecular flexibility index (Phi) is 53.2. The third-order valence-corrected chi connectivity index (χ3v) is 14.3. The molecule has 1 aliphatic rings. The molecule has 1 rings (SSSR count). The first-order chi connectivity index (χ1) is 40.6. The molecule has 6 unspecified atom stereocenters. The van der Waals surface area contributed by atoms with Crippen molar-refractivity contribution in [2.45, 2.75) is 302 Å². The Bertz CT molecular complexity index is 1860. The van der Waals surface area contributed by atoms with E-state index in [0.717, 1.165) is 141 Å². The van der Waals surface area contributed by atoms with Gasteiger partial charge in [-0.15, -0.1) is 0 Å². The summed E-state index contributed by atoms with van der Waals surface area (Å²) in [6.07, 6.45) is 66.1. The van der Waals surface area contributed by atoms with E-state index in [2.05, 4.69) is 130 Å². The van der Waals surface area contributed by atoms with Crippen LogP contribution in [0.2, 0.25) is 0 Å². The van der Waals surface area contributed by atoms with Crippen LogP contribution in [0.15, 0.2) is 109 Å². The lowest BCUT2D eigenvalue weighted by Gasteiger charge is -2.40. The largest absolute Gasteiger partial charge is 0.479 e. The third kappa shape index (κ3) is 47.3. The Labute approximate surface area is 504 Å². The van der Waals surface area contributed by atoms with Crippen LogP contribution in [0.25, 0.3) is 0 Å². The molecule has 0 aromatic rings. The summed E-state index contributed by atoms with van der Waals surface area (Å²) in [7, 11) is 0. The van der Waals surface area contributed by atoms with Crippen molar-refractivity contribution in [3.8, 4) is 0 Å². The number of ether oxygens (including phenoxy) is 5. The van der Waals surface area contributed by atoms with Crippen LogP contribution in [0.1, 0.15) is 265 Å². The Hall–Kier alpha value is -4.62. The summed E-state index contributed by atoms with van der Waals surface area (Å²) in [5.41, 5.74) is 0. The zero-order valence-corrected chi connectivity index (χ0v) is 52.2. The smallest absolute Gasteiger partial charge is 0.335 e. The highest BCUT2D eigenvalue weighted by atomic mass is 16.7. The van der Waals surface area contributed by atoms with Crippen molar-refractivity contribution in [1.82, 2.24) is 0 Å². The number of aliphatic carboxylic acids is 1. The van der Waals surface area contributed by atoms with Crippen LogP contribution >= 0.6 is 0 Å². The van der Waals surface area contributed by atoms with Gasteiger partial charge in [0.2, 0.25) is 0 Å². The Balaban J connectivity index is 2.71. The van der Waals surface area contributed by atoms with Crippen molar-refractivity contribution in [3.05, 3.63) is 109 Å². The first-order valence-corrected chi connectivity index (χ1v) is 32.9. The number of rotatable bonds is 55. The van der Waals surface area contributed by atoms with Crippen molar-refractivity contribution >= 4 is 23.9 Å². The van der Waals surface area contributed by atoms with Gasteiger partial charge < -0.3 is 39.0 Å². The van der Waals surface area contributed by atoms with Crippen LogP contribution in [-0.4, -0.2) is 89.2 Å². The molecular formula is C71H116O12. The molecule has 1 aliphatic heterocycles. The van der Waals surface area contributed by atoms with Gasteiger partial charge in [0.15, 0.2) is 24.6 Å². The maximum Gasteiger partial charge on any atom is 0.335 e. The second-order valence-corrected chi connectivity index (χ2v) is 22.0. The van der Waals surface area contributed by atoms with E-state index in [-0.39, 0.29) is 25.9 Å². The number of hydrogen-bond acceptors (Lipinski definition) is 11. The summed E-state index contributed by atoms with van der Waals surface area (Å²) < 4.78 is 28.5. The van der Waals surface area contributed by atoms with Crippen molar-refractivity contribution < 1.29 is 58.2 Å². The monoisotopic (exact) mass is 1160 g/mol. The molecule has 83 heavy (non-hydrogen) atoms. The average molecular weight is 1160 g/mol. The van der Waals surface area contributed by atoms with Crippen molar-refractivity contribution in [2.24, 2.45) is 0 Å². The fourth-order valence-corrected chi connectivity index (χ4v) is 9.28. The van der Waals surface area contributed by atoms with Gasteiger partial charge in [0, 0.05) is 19.3 Å². The van der Waals surface area contributed by atoms with E-state index in [4.69, 9.17) is 23.7 Å². The second kappa shape index (κ2) is 57.8. The summed E-state index contributed by atoms with van der Waals surface area (Å²) in [5, 5.41) is 31.6. The summed E-state index contributed by atoms with van der Waals surface area (Å²) in [6, 6.07) is 0. The van der Waals surface area contributed by atoms with E-state index in [9.17, 15) is 34.5 Å². The molecule has 472 valence electrons. The van der Waals surface area contributed by atoms with Crippen LogP contribution in [0, 0.1) is 0 Å². The number of carboxylic acids is 1. The average Bonchev–Trinajstić information content (AvgIpc) is 3.58. The number of unbranched alkanes of at least 4 members (excludes halogenated alkanes) is 23. The van der Waals surface area contributed by atoms with Crippen LogP contribution in [-0.2, 0) is 42.9 Å². The maximum absolute atomic E-state index is 13.2. The molecule has 1 saturated heterocycles. The predicted octanol–water partition coefficient (Wildman–Crippen LogP) is 17.8. The highest BCUT2D eigenvalue weighted by molar-refractivity contribution is 5.74. The molecule has 0 spiro atoms. The van der Waals surface area contributed by atoms with Gasteiger partial charge in [0.1, 0.15) is 18.8 Å². The van der Waals surface area contributed by atoms with Crippen LogP contribution in [0.5, 0.6) is 0 Å². The van der Waals surface area contributed by atoms with Gasteiger partial charge in [-0.2, -0.15) is 0 Å². The molecule has 0 aliphatic carbocycles. The Morgan fingerprint density at radius 2 is 0.759 bits per heavy atom. The van der Waals surface area contributed by atoms with Gasteiger partial charge in [0.05, 0.1) is 6.61 Å². The molecule has 1 fully saturated rings. The molecule has 0 amide bonds. The quantitative estimate of drug-likeness (QED) is 0.0228. The number of aliphatic hydroxyl groups is 2. The summed E-state index contributed by atoms with van der Waals surface area (Å²) in [5.74, 6) is -3.19. The molecule has 0 aromatic carbocycles. The number of hydrogen-bond donors (Lipinski definition) is 3. The van der Waals surface area contributed by atoms with Crippen molar-refractivity contribution in [3.63, 3.8) is 0 Å². The fourth-order valence-electron chi connectivity index (χ4n) is 9.28. The standard InChI is InChI=1S/C71H116O12/c1-4-7-10-13-16-19-22-25-28-30-32-34-37-39-42-45-48-51-54-57-63(72)79-60-62(81-64(73)58-55-52-49-46-43-41-38-35-33-31-29-26-23-20-17-14-11-8-5-2)61-80-71-69(67(76)66(75)68(83-71)70(77)78)82-65(74)59-56-53-50-47-44-40-36-27-24-21-18-15-12-9-6-3/h7,10,16-17,19-20,25-29,32-36,39,42,62,66-69,71,75-76H,4-6,8-9,11-15,18,21-24,30-31,37-38,40-41,43-61H2,1-3H3,(H,77,78)/b10-7-,19-16-,20-17-,28-25-,29-26-,34-32-,35-33-,36-27-,42-39-. The molecule has 3 N–H and O–H groups in total. The van der Waals surface area contributed by atoms with Gasteiger partial charge in [0.25, 0.3) is 0 Å². The highest BCUT2D eigenvalue weighted by Crippen LogP contribution is 2.26. The van der Waals surface area contributed by atoms with Crippen molar-refractivity contribution in [2.75, 3.05) is 13.2 Å². The zero-order valence-electron chi connectivity index (χ0n) is 52.2. The number of carbonyl (C=O) groups is 4. The van der Waals surface area contributed by atoms with Gasteiger partial charge >= 0.3 is 23.9 Å². The topological polar surface area (TPSA) is 175 Å². The number of carboxylic acid groups (broad SMARTS) is 1. The van der Waals surface area contributed by atoms with Gasteiger partial charge in [-0.1, -0.05) is 226 Å². The molecule has 12 heteroatoms. The van der Waals surface area contributed by atoms with E-state index in [1.54, 1.807) is 0 Å². The van der Waals surface area contributed by atoms with Crippen molar-refractivity contribution in [1.29, 1.82) is 0 Å². The number of allylic oxidation sites excluding steroid dienone is 18.